The molecule has 1 aromatic rings. The molecule has 1 rings (SSSR count). The molecule has 15 heavy (non-hydrogen) atoms. The average Bonchev–Trinajstić information content (AvgIpc) is 2.30. The number of hydrogen-bond donors (Lipinski definition) is 1. The fraction of sp³-hybridized carbons (Fsp3) is 0.500. The fourth-order valence-corrected chi connectivity index (χ4v) is 2.31. The third-order valence-electron chi connectivity index (χ3n) is 2.09. The van der Waals surface area contributed by atoms with Crippen LogP contribution in [0.5, 0.6) is 0 Å². The first kappa shape index (κ1) is 12.8. The Labute approximate surface area is 101 Å². The van der Waals surface area contributed by atoms with Crippen LogP contribution in [-0.4, -0.2) is 24.3 Å². The molecule has 0 aliphatic heterocycles. The molecule has 0 bridgehead atoms. The molecule has 3 heteroatoms. The van der Waals surface area contributed by atoms with Crippen LogP contribution in [0, 0.1) is 0 Å². The Morgan fingerprint density at radius 2 is 1.93 bits per heavy atom. The lowest BCUT2D eigenvalue weighted by Gasteiger charge is -2.06. The quantitative estimate of drug-likeness (QED) is 0.573. The maximum absolute atomic E-state index is 3.43. The van der Waals surface area contributed by atoms with Gasteiger partial charge in [-0.3, -0.25) is 0 Å². The zero-order valence-corrected chi connectivity index (χ0v) is 11.1. The van der Waals surface area contributed by atoms with Gasteiger partial charge in [-0.05, 0) is 48.4 Å². The monoisotopic (exact) mass is 241 g/mol. The average molecular weight is 241 g/mol. The third kappa shape index (κ3) is 5.38. The minimum absolute atomic E-state index is 1.08. The molecule has 0 spiro atoms. The van der Waals surface area contributed by atoms with Crippen molar-refractivity contribution in [3.8, 4) is 0 Å². The summed E-state index contributed by atoms with van der Waals surface area (Å²) in [7, 11) is 0. The minimum atomic E-state index is 1.08. The van der Waals surface area contributed by atoms with Gasteiger partial charge in [0.05, 0.1) is 0 Å². The van der Waals surface area contributed by atoms with Crippen molar-refractivity contribution < 1.29 is 0 Å². The van der Waals surface area contributed by atoms with Crippen molar-refractivity contribution in [1.29, 1.82) is 0 Å². The molecule has 0 amide bonds. The van der Waals surface area contributed by atoms with Gasteiger partial charge in [-0.25, -0.2) is 0 Å². The second-order valence-electron chi connectivity index (χ2n) is 3.21. The number of anilines is 1. The highest BCUT2D eigenvalue weighted by molar-refractivity contribution is 7.99. The molecule has 0 unspecified atom stereocenters. The van der Waals surface area contributed by atoms with Gasteiger partial charge in [-0.2, -0.15) is 11.8 Å². The SMILES string of the molecule is CCSCCCNc1ccc(SC)cc1. The zero-order valence-electron chi connectivity index (χ0n) is 9.45. The van der Waals surface area contributed by atoms with Crippen LogP contribution in [0.15, 0.2) is 29.2 Å². The Hall–Kier alpha value is -0.280. The van der Waals surface area contributed by atoms with E-state index < -0.39 is 0 Å². The standard InChI is InChI=1S/C12H19NS2/c1-3-15-10-4-9-13-11-5-7-12(14-2)8-6-11/h5-8,13H,3-4,9-10H2,1-2H3. The van der Waals surface area contributed by atoms with Crippen molar-refractivity contribution in [2.75, 3.05) is 29.6 Å². The molecular weight excluding hydrogens is 222 g/mol. The van der Waals surface area contributed by atoms with E-state index in [0.29, 0.717) is 0 Å². The van der Waals surface area contributed by atoms with Crippen LogP contribution in [0.3, 0.4) is 0 Å². The van der Waals surface area contributed by atoms with E-state index >= 15 is 0 Å². The van der Waals surface area contributed by atoms with E-state index in [4.69, 9.17) is 0 Å². The number of benzene rings is 1. The molecule has 0 heterocycles. The van der Waals surface area contributed by atoms with Crippen LogP contribution in [-0.2, 0) is 0 Å². The van der Waals surface area contributed by atoms with Crippen molar-refractivity contribution >= 4 is 29.2 Å². The summed E-state index contributed by atoms with van der Waals surface area (Å²) in [6.45, 7) is 3.28. The maximum atomic E-state index is 3.43. The van der Waals surface area contributed by atoms with Gasteiger partial charge < -0.3 is 5.32 Å². The number of nitrogens with one attached hydrogen (secondary N) is 1. The van der Waals surface area contributed by atoms with Gasteiger partial charge in [0.25, 0.3) is 0 Å². The molecular formula is C12H19NS2. The molecule has 1 aromatic carbocycles. The molecule has 1 N–H and O–H groups in total. The highest BCUT2D eigenvalue weighted by atomic mass is 32.2. The van der Waals surface area contributed by atoms with E-state index in [0.717, 1.165) is 6.54 Å². The van der Waals surface area contributed by atoms with Crippen LogP contribution >= 0.6 is 23.5 Å². The summed E-state index contributed by atoms with van der Waals surface area (Å²) in [4.78, 5) is 1.32. The molecule has 0 aliphatic carbocycles. The van der Waals surface area contributed by atoms with Gasteiger partial charge in [0.15, 0.2) is 0 Å². The topological polar surface area (TPSA) is 12.0 Å². The van der Waals surface area contributed by atoms with Crippen LogP contribution in [0.4, 0.5) is 5.69 Å². The largest absolute Gasteiger partial charge is 0.385 e. The third-order valence-corrected chi connectivity index (χ3v) is 3.82. The Balaban J connectivity index is 2.20. The van der Waals surface area contributed by atoms with Crippen LogP contribution in [0.2, 0.25) is 0 Å². The van der Waals surface area contributed by atoms with E-state index in [2.05, 4.69) is 42.8 Å². The lowest BCUT2D eigenvalue weighted by atomic mass is 10.3. The molecule has 0 aliphatic rings. The summed E-state index contributed by atoms with van der Waals surface area (Å²) < 4.78 is 0. The Morgan fingerprint density at radius 3 is 2.53 bits per heavy atom. The van der Waals surface area contributed by atoms with Gasteiger partial charge in [0, 0.05) is 17.1 Å². The van der Waals surface area contributed by atoms with Gasteiger partial charge >= 0.3 is 0 Å². The minimum Gasteiger partial charge on any atom is -0.385 e. The fourth-order valence-electron chi connectivity index (χ4n) is 1.26. The first-order valence-electron chi connectivity index (χ1n) is 5.32. The molecule has 0 saturated carbocycles. The smallest absolute Gasteiger partial charge is 0.0340 e. The maximum Gasteiger partial charge on any atom is 0.0340 e. The highest BCUT2D eigenvalue weighted by Gasteiger charge is 1.92. The molecule has 0 fully saturated rings. The second kappa shape index (κ2) is 7.94. The predicted molar refractivity (Wildman–Crippen MR) is 74.3 cm³/mol. The molecule has 0 atom stereocenters. The second-order valence-corrected chi connectivity index (χ2v) is 5.48. The van der Waals surface area contributed by atoms with Gasteiger partial charge in [0.2, 0.25) is 0 Å². The zero-order chi connectivity index (χ0) is 10.9. The predicted octanol–water partition coefficient (Wildman–Crippen LogP) is 3.96. The van der Waals surface area contributed by atoms with Crippen LogP contribution < -0.4 is 5.32 Å². The van der Waals surface area contributed by atoms with E-state index in [1.807, 2.05) is 11.8 Å². The molecule has 0 aromatic heterocycles. The van der Waals surface area contributed by atoms with Crippen molar-refractivity contribution in [2.45, 2.75) is 18.2 Å². The van der Waals surface area contributed by atoms with E-state index in [-0.39, 0.29) is 0 Å². The molecule has 1 nitrogen and oxygen atoms in total. The first-order valence-corrected chi connectivity index (χ1v) is 7.70. The van der Waals surface area contributed by atoms with Crippen molar-refractivity contribution in [2.24, 2.45) is 0 Å². The van der Waals surface area contributed by atoms with Crippen molar-refractivity contribution in [1.82, 2.24) is 0 Å². The highest BCUT2D eigenvalue weighted by Crippen LogP contribution is 2.17. The lowest BCUT2D eigenvalue weighted by Crippen LogP contribution is -2.02. The van der Waals surface area contributed by atoms with Crippen molar-refractivity contribution in [3.63, 3.8) is 0 Å². The summed E-state index contributed by atoms with van der Waals surface area (Å²) in [6, 6.07) is 8.62. The van der Waals surface area contributed by atoms with Gasteiger partial charge in [0.1, 0.15) is 0 Å². The Bertz CT molecular complexity index is 259. The van der Waals surface area contributed by atoms with E-state index in [1.165, 1.54) is 28.5 Å². The van der Waals surface area contributed by atoms with Gasteiger partial charge in [-0.1, -0.05) is 6.92 Å². The van der Waals surface area contributed by atoms with Crippen LogP contribution in [0.1, 0.15) is 13.3 Å². The summed E-state index contributed by atoms with van der Waals surface area (Å²) in [5.41, 5.74) is 1.23. The molecule has 0 saturated heterocycles. The van der Waals surface area contributed by atoms with E-state index in [9.17, 15) is 0 Å². The van der Waals surface area contributed by atoms with Crippen molar-refractivity contribution in [3.05, 3.63) is 24.3 Å². The summed E-state index contributed by atoms with van der Waals surface area (Å²) in [5, 5.41) is 3.43. The normalized spacial score (nSPS) is 10.3. The Morgan fingerprint density at radius 1 is 1.20 bits per heavy atom. The summed E-state index contributed by atoms with van der Waals surface area (Å²) >= 11 is 3.79. The first-order chi connectivity index (χ1) is 7.36. The summed E-state index contributed by atoms with van der Waals surface area (Å²) in [6.07, 6.45) is 3.34. The number of thioether (sulfide) groups is 2. The Kier molecular flexibility index (Phi) is 6.77. The lowest BCUT2D eigenvalue weighted by molar-refractivity contribution is 0.991. The van der Waals surface area contributed by atoms with Gasteiger partial charge in [-0.15, -0.1) is 11.8 Å². The number of hydrogen-bond acceptors (Lipinski definition) is 3. The number of rotatable bonds is 7. The molecule has 84 valence electrons. The van der Waals surface area contributed by atoms with Crippen LogP contribution in [0.25, 0.3) is 0 Å². The molecule has 0 radical (unpaired) electrons. The van der Waals surface area contributed by atoms with E-state index in [1.54, 1.807) is 11.8 Å². The summed E-state index contributed by atoms with van der Waals surface area (Å²) in [5.74, 6) is 2.48.